The summed E-state index contributed by atoms with van der Waals surface area (Å²) in [7, 11) is 0. The number of fused-ring (bicyclic) bond motifs is 1. The Morgan fingerprint density at radius 1 is 1.42 bits per heavy atom. The number of benzene rings is 1. The first kappa shape index (κ1) is 18.3. The third kappa shape index (κ3) is 3.70. The van der Waals surface area contributed by atoms with Gasteiger partial charge in [0, 0.05) is 34.1 Å². The van der Waals surface area contributed by atoms with Gasteiger partial charge in [-0.05, 0) is 43.3 Å². The molecule has 5 nitrogen and oxygen atoms in total. The van der Waals surface area contributed by atoms with Gasteiger partial charge in [-0.3, -0.25) is 10.2 Å². The minimum atomic E-state index is -0.611. The highest BCUT2D eigenvalue weighted by Crippen LogP contribution is 2.37. The molecule has 2 N–H and O–H groups in total. The second kappa shape index (κ2) is 7.41. The standard InChI is InChI=1S/C20H23N3O2S/c1-4-5-19(21)23-20(3,9-13(2)24)15-6-7-18-16(8-15)17(12-26-18)14-10-22-25-11-14/h6-8,10-12H,4-5,9H2,1-3H3,(H2,21,23)/t20-/m0/s1. The van der Waals surface area contributed by atoms with E-state index in [1.807, 2.05) is 19.9 Å². The molecule has 1 atom stereocenters. The van der Waals surface area contributed by atoms with E-state index in [-0.39, 0.29) is 5.78 Å². The predicted molar refractivity (Wildman–Crippen MR) is 106 cm³/mol. The van der Waals surface area contributed by atoms with Crippen molar-refractivity contribution in [3.63, 3.8) is 0 Å². The van der Waals surface area contributed by atoms with E-state index >= 15 is 0 Å². The lowest BCUT2D eigenvalue weighted by atomic mass is 9.85. The summed E-state index contributed by atoms with van der Waals surface area (Å²) in [6.07, 6.45) is 5.23. The first-order valence-electron chi connectivity index (χ1n) is 8.69. The lowest BCUT2D eigenvalue weighted by molar-refractivity contribution is -0.118. The number of rotatable bonds is 7. The molecule has 0 aliphatic heterocycles. The topological polar surface area (TPSA) is 79.0 Å². The van der Waals surface area contributed by atoms with Gasteiger partial charge >= 0.3 is 0 Å². The fourth-order valence-electron chi connectivity index (χ4n) is 3.30. The quantitative estimate of drug-likeness (QED) is 0.448. The predicted octanol–water partition coefficient (Wildman–Crippen LogP) is 5.12. The van der Waals surface area contributed by atoms with Crippen LogP contribution in [0.25, 0.3) is 21.2 Å². The van der Waals surface area contributed by atoms with Crippen molar-refractivity contribution < 1.29 is 9.32 Å². The van der Waals surface area contributed by atoms with Crippen LogP contribution in [0.5, 0.6) is 0 Å². The molecule has 0 amide bonds. The number of nitrogens with zero attached hydrogens (tertiary/aromatic N) is 1. The molecule has 2 heterocycles. The van der Waals surface area contributed by atoms with Gasteiger partial charge in [0.15, 0.2) is 0 Å². The molecule has 0 saturated heterocycles. The first-order chi connectivity index (χ1) is 12.4. The van der Waals surface area contributed by atoms with Crippen LogP contribution in [0.4, 0.5) is 0 Å². The molecular weight excluding hydrogens is 346 g/mol. The summed E-state index contributed by atoms with van der Waals surface area (Å²) < 4.78 is 6.15. The Morgan fingerprint density at radius 2 is 2.23 bits per heavy atom. The summed E-state index contributed by atoms with van der Waals surface area (Å²) in [4.78, 5) is 11.9. The van der Waals surface area contributed by atoms with Gasteiger partial charge in [-0.15, -0.1) is 11.3 Å². The van der Waals surface area contributed by atoms with E-state index in [0.717, 1.165) is 28.5 Å². The minimum absolute atomic E-state index is 0.0916. The van der Waals surface area contributed by atoms with Crippen molar-refractivity contribution in [1.29, 1.82) is 5.41 Å². The smallest absolute Gasteiger partial charge is 0.132 e. The van der Waals surface area contributed by atoms with Crippen LogP contribution in [0.1, 0.15) is 45.6 Å². The number of carbonyl (C=O) groups excluding carboxylic acids is 1. The summed E-state index contributed by atoms with van der Waals surface area (Å²) in [6.45, 7) is 5.63. The highest BCUT2D eigenvalue weighted by atomic mass is 32.1. The lowest BCUT2D eigenvalue weighted by Gasteiger charge is -2.32. The van der Waals surface area contributed by atoms with Gasteiger partial charge in [0.2, 0.25) is 0 Å². The molecule has 1 aromatic carbocycles. The molecule has 3 rings (SSSR count). The maximum Gasteiger partial charge on any atom is 0.132 e. The molecule has 0 aliphatic rings. The number of ketones is 1. The Morgan fingerprint density at radius 3 is 2.88 bits per heavy atom. The van der Waals surface area contributed by atoms with Crippen LogP contribution in [0.15, 0.2) is 40.6 Å². The van der Waals surface area contributed by atoms with E-state index in [2.05, 4.69) is 28.0 Å². The van der Waals surface area contributed by atoms with Crippen molar-refractivity contribution in [1.82, 2.24) is 10.5 Å². The van der Waals surface area contributed by atoms with Crippen molar-refractivity contribution in [2.45, 2.75) is 45.6 Å². The fourth-order valence-corrected chi connectivity index (χ4v) is 4.25. The van der Waals surface area contributed by atoms with Crippen LogP contribution in [0.3, 0.4) is 0 Å². The maximum absolute atomic E-state index is 11.9. The zero-order chi connectivity index (χ0) is 18.7. The van der Waals surface area contributed by atoms with Crippen LogP contribution in [0, 0.1) is 5.41 Å². The van der Waals surface area contributed by atoms with Gasteiger partial charge < -0.3 is 9.84 Å². The van der Waals surface area contributed by atoms with E-state index < -0.39 is 5.54 Å². The van der Waals surface area contributed by atoms with Gasteiger partial charge in [0.05, 0.1) is 17.6 Å². The fraction of sp³-hybridized carbons (Fsp3) is 0.350. The zero-order valence-electron chi connectivity index (χ0n) is 15.3. The van der Waals surface area contributed by atoms with Crippen LogP contribution in [0.2, 0.25) is 0 Å². The van der Waals surface area contributed by atoms with E-state index in [0.29, 0.717) is 18.7 Å². The van der Waals surface area contributed by atoms with Crippen LogP contribution >= 0.6 is 11.3 Å². The molecule has 136 valence electrons. The lowest BCUT2D eigenvalue weighted by Crippen LogP contribution is -2.44. The molecular formula is C20H23N3O2S. The molecule has 0 saturated carbocycles. The SMILES string of the molecule is CCCC(=N)N[C@@](C)(CC(C)=O)c1ccc2scc(-c3cnoc3)c2c1. The molecule has 0 aliphatic carbocycles. The summed E-state index contributed by atoms with van der Waals surface area (Å²) in [5.41, 5.74) is 2.40. The van der Waals surface area contributed by atoms with Gasteiger partial charge in [-0.2, -0.15) is 0 Å². The number of nitrogens with one attached hydrogen (secondary N) is 2. The molecule has 0 spiro atoms. The third-order valence-electron chi connectivity index (χ3n) is 4.48. The van der Waals surface area contributed by atoms with Gasteiger partial charge in [-0.1, -0.05) is 18.1 Å². The highest BCUT2D eigenvalue weighted by Gasteiger charge is 2.29. The molecule has 26 heavy (non-hydrogen) atoms. The Hall–Kier alpha value is -2.47. The van der Waals surface area contributed by atoms with Crippen molar-refractivity contribution in [3.8, 4) is 11.1 Å². The van der Waals surface area contributed by atoms with Gasteiger partial charge in [0.1, 0.15) is 12.0 Å². The second-order valence-electron chi connectivity index (χ2n) is 6.84. The molecule has 0 unspecified atom stereocenters. The highest BCUT2D eigenvalue weighted by molar-refractivity contribution is 7.17. The van der Waals surface area contributed by atoms with E-state index in [1.165, 1.54) is 4.70 Å². The number of aromatic nitrogens is 1. The monoisotopic (exact) mass is 369 g/mol. The molecule has 2 aromatic heterocycles. The average Bonchev–Trinajstić information content (AvgIpc) is 3.22. The van der Waals surface area contributed by atoms with E-state index in [9.17, 15) is 4.79 Å². The average molecular weight is 369 g/mol. The van der Waals surface area contributed by atoms with E-state index in [1.54, 1.807) is 30.7 Å². The Balaban J connectivity index is 2.06. The van der Waals surface area contributed by atoms with Gasteiger partial charge in [0.25, 0.3) is 0 Å². The van der Waals surface area contributed by atoms with Crippen molar-refractivity contribution in [2.75, 3.05) is 0 Å². The van der Waals surface area contributed by atoms with Crippen molar-refractivity contribution in [2.24, 2.45) is 0 Å². The largest absolute Gasteiger partial charge is 0.364 e. The number of Topliss-reactive ketones (excluding diaryl/α,β-unsaturated/α-hetero) is 1. The Labute approximate surface area is 156 Å². The summed E-state index contributed by atoms with van der Waals surface area (Å²) in [6, 6.07) is 6.24. The maximum atomic E-state index is 11.9. The van der Waals surface area contributed by atoms with Crippen molar-refractivity contribution in [3.05, 3.63) is 41.6 Å². The molecule has 0 bridgehead atoms. The molecule has 3 aromatic rings. The van der Waals surface area contributed by atoms with E-state index in [4.69, 9.17) is 9.93 Å². The summed E-state index contributed by atoms with van der Waals surface area (Å²) >= 11 is 1.67. The summed E-state index contributed by atoms with van der Waals surface area (Å²) in [5, 5.41) is 18.5. The summed E-state index contributed by atoms with van der Waals surface area (Å²) in [5.74, 6) is 0.551. The van der Waals surface area contributed by atoms with Crippen molar-refractivity contribution >= 4 is 33.0 Å². The number of amidine groups is 1. The number of hydrogen-bond donors (Lipinski definition) is 2. The van der Waals surface area contributed by atoms with Crippen LogP contribution in [-0.4, -0.2) is 16.8 Å². The Bertz CT molecular complexity index is 930. The number of carbonyl (C=O) groups is 1. The zero-order valence-corrected chi connectivity index (χ0v) is 16.1. The first-order valence-corrected chi connectivity index (χ1v) is 9.57. The van der Waals surface area contributed by atoms with Crippen LogP contribution in [-0.2, 0) is 10.3 Å². The number of thiophene rings is 1. The molecule has 6 heteroatoms. The third-order valence-corrected chi connectivity index (χ3v) is 5.45. The van der Waals surface area contributed by atoms with Gasteiger partial charge in [-0.25, -0.2) is 0 Å². The molecule has 0 fully saturated rings. The normalized spacial score (nSPS) is 13.5. The minimum Gasteiger partial charge on any atom is -0.364 e. The van der Waals surface area contributed by atoms with Crippen LogP contribution < -0.4 is 5.32 Å². The number of hydrogen-bond acceptors (Lipinski definition) is 5. The second-order valence-corrected chi connectivity index (χ2v) is 7.75. The Kier molecular flexibility index (Phi) is 5.23. The molecule has 0 radical (unpaired) electrons.